The van der Waals surface area contributed by atoms with Gasteiger partial charge in [0.2, 0.25) is 0 Å². The first-order valence-electron chi connectivity index (χ1n) is 8.91. The summed E-state index contributed by atoms with van der Waals surface area (Å²) >= 11 is 1.75. The Labute approximate surface area is 157 Å². The van der Waals surface area contributed by atoms with E-state index in [4.69, 9.17) is 0 Å². The molecule has 0 aliphatic carbocycles. The summed E-state index contributed by atoms with van der Waals surface area (Å²) in [5.41, 5.74) is 3.62. The van der Waals surface area contributed by atoms with E-state index in [1.807, 2.05) is 22.6 Å². The molecule has 0 saturated carbocycles. The smallest absolute Gasteiger partial charge is 0.256 e. The summed E-state index contributed by atoms with van der Waals surface area (Å²) in [7, 11) is 0. The lowest BCUT2D eigenvalue weighted by Crippen LogP contribution is -2.35. The van der Waals surface area contributed by atoms with E-state index in [2.05, 4.69) is 47.5 Å². The van der Waals surface area contributed by atoms with Gasteiger partial charge < -0.3 is 4.90 Å². The molecular formula is C20H22N4OS. The van der Waals surface area contributed by atoms with Gasteiger partial charge in [0, 0.05) is 29.4 Å². The number of thiophene rings is 1. The van der Waals surface area contributed by atoms with Gasteiger partial charge in [0.25, 0.3) is 5.91 Å². The van der Waals surface area contributed by atoms with Crippen LogP contribution in [0.25, 0.3) is 16.6 Å². The van der Waals surface area contributed by atoms with E-state index in [-0.39, 0.29) is 11.9 Å². The highest BCUT2D eigenvalue weighted by atomic mass is 32.1. The van der Waals surface area contributed by atoms with Crippen LogP contribution in [0.1, 0.15) is 47.2 Å². The standard InChI is InChI=1S/C20H22N4OS/c1-13(2)24-19-16(12-21-24)11-17(14(3)22-19)20(25)23-8-6-15(7-9-23)18-5-4-10-26-18/h4-6,10-13H,7-9H2,1-3H3. The number of carbonyl (C=O) groups excluding carboxylic acids is 1. The average molecular weight is 366 g/mol. The van der Waals surface area contributed by atoms with E-state index in [1.165, 1.54) is 10.5 Å². The predicted molar refractivity (Wildman–Crippen MR) is 105 cm³/mol. The van der Waals surface area contributed by atoms with Gasteiger partial charge in [-0.05, 0) is 50.3 Å². The molecule has 0 bridgehead atoms. The van der Waals surface area contributed by atoms with Gasteiger partial charge >= 0.3 is 0 Å². The van der Waals surface area contributed by atoms with Gasteiger partial charge in [0.1, 0.15) is 0 Å². The molecule has 0 radical (unpaired) electrons. The van der Waals surface area contributed by atoms with Crippen LogP contribution >= 0.6 is 11.3 Å². The third-order valence-corrected chi connectivity index (χ3v) is 5.76. The molecule has 0 aromatic carbocycles. The summed E-state index contributed by atoms with van der Waals surface area (Å²) < 4.78 is 1.90. The van der Waals surface area contributed by atoms with Crippen LogP contribution in [-0.4, -0.2) is 38.7 Å². The molecule has 3 aromatic heterocycles. The minimum Gasteiger partial charge on any atom is -0.335 e. The van der Waals surface area contributed by atoms with Gasteiger partial charge in [0.05, 0.1) is 17.5 Å². The lowest BCUT2D eigenvalue weighted by Gasteiger charge is -2.26. The zero-order valence-electron chi connectivity index (χ0n) is 15.3. The van der Waals surface area contributed by atoms with Crippen LogP contribution in [0.4, 0.5) is 0 Å². The molecule has 1 aliphatic rings. The SMILES string of the molecule is Cc1nc2c(cnn2C(C)C)cc1C(=O)N1CC=C(c2cccs2)CC1. The van der Waals surface area contributed by atoms with Crippen LogP contribution in [0, 0.1) is 6.92 Å². The Bertz CT molecular complexity index is 985. The fourth-order valence-corrected chi connectivity index (χ4v) is 4.17. The van der Waals surface area contributed by atoms with Gasteiger partial charge in [0.15, 0.2) is 5.65 Å². The van der Waals surface area contributed by atoms with Crippen molar-refractivity contribution in [2.24, 2.45) is 0 Å². The zero-order valence-corrected chi connectivity index (χ0v) is 16.1. The van der Waals surface area contributed by atoms with E-state index in [0.29, 0.717) is 12.1 Å². The monoisotopic (exact) mass is 366 g/mol. The first-order valence-corrected chi connectivity index (χ1v) is 9.79. The number of hydrogen-bond donors (Lipinski definition) is 0. The highest BCUT2D eigenvalue weighted by Crippen LogP contribution is 2.27. The molecule has 0 spiro atoms. The average Bonchev–Trinajstić information content (AvgIpc) is 3.30. The van der Waals surface area contributed by atoms with Crippen molar-refractivity contribution in [1.29, 1.82) is 0 Å². The van der Waals surface area contributed by atoms with Crippen molar-refractivity contribution in [3.05, 3.63) is 52.0 Å². The number of hydrogen-bond acceptors (Lipinski definition) is 4. The summed E-state index contributed by atoms with van der Waals surface area (Å²) in [6.45, 7) is 7.45. The highest BCUT2D eigenvalue weighted by molar-refractivity contribution is 7.11. The molecule has 0 saturated heterocycles. The van der Waals surface area contributed by atoms with Gasteiger partial charge in [-0.3, -0.25) is 4.79 Å². The second kappa shape index (κ2) is 6.68. The summed E-state index contributed by atoms with van der Waals surface area (Å²) in [6.07, 6.45) is 4.86. The van der Waals surface area contributed by atoms with Crippen LogP contribution in [0.3, 0.4) is 0 Å². The first-order chi connectivity index (χ1) is 12.5. The molecular weight excluding hydrogens is 344 g/mol. The number of carbonyl (C=O) groups is 1. The van der Waals surface area contributed by atoms with Gasteiger partial charge in [-0.25, -0.2) is 9.67 Å². The molecule has 4 heterocycles. The Balaban J connectivity index is 1.60. The molecule has 134 valence electrons. The zero-order chi connectivity index (χ0) is 18.3. The van der Waals surface area contributed by atoms with E-state index in [1.54, 1.807) is 17.5 Å². The Morgan fingerprint density at radius 1 is 1.35 bits per heavy atom. The third-order valence-electron chi connectivity index (χ3n) is 4.81. The van der Waals surface area contributed by atoms with Crippen molar-refractivity contribution >= 4 is 33.9 Å². The normalized spacial score (nSPS) is 14.9. The molecule has 1 amide bonds. The molecule has 1 aliphatic heterocycles. The van der Waals surface area contributed by atoms with Crippen molar-refractivity contribution < 1.29 is 4.79 Å². The van der Waals surface area contributed by atoms with Crippen molar-refractivity contribution in [2.75, 3.05) is 13.1 Å². The molecule has 26 heavy (non-hydrogen) atoms. The number of aromatic nitrogens is 3. The number of aryl methyl sites for hydroxylation is 1. The Morgan fingerprint density at radius 3 is 2.85 bits per heavy atom. The predicted octanol–water partition coefficient (Wildman–Crippen LogP) is 4.31. The largest absolute Gasteiger partial charge is 0.335 e. The Hall–Kier alpha value is -2.47. The van der Waals surface area contributed by atoms with Crippen molar-refractivity contribution in [1.82, 2.24) is 19.7 Å². The van der Waals surface area contributed by atoms with Gasteiger partial charge in [-0.15, -0.1) is 11.3 Å². The molecule has 6 heteroatoms. The Morgan fingerprint density at radius 2 is 2.19 bits per heavy atom. The lowest BCUT2D eigenvalue weighted by molar-refractivity contribution is 0.0772. The van der Waals surface area contributed by atoms with Gasteiger partial charge in [-0.2, -0.15) is 5.10 Å². The lowest BCUT2D eigenvalue weighted by atomic mass is 10.0. The summed E-state index contributed by atoms with van der Waals surface area (Å²) in [4.78, 5) is 20.9. The number of fused-ring (bicyclic) bond motifs is 1. The number of pyridine rings is 1. The fourth-order valence-electron chi connectivity index (χ4n) is 3.37. The maximum absolute atomic E-state index is 13.0. The highest BCUT2D eigenvalue weighted by Gasteiger charge is 2.22. The first kappa shape index (κ1) is 17.0. The number of nitrogens with zero attached hydrogens (tertiary/aromatic N) is 4. The summed E-state index contributed by atoms with van der Waals surface area (Å²) in [5, 5.41) is 7.42. The molecule has 3 aromatic rings. The minimum atomic E-state index is 0.0516. The molecule has 0 atom stereocenters. The van der Waals surface area contributed by atoms with E-state index in [9.17, 15) is 4.79 Å². The summed E-state index contributed by atoms with van der Waals surface area (Å²) in [6, 6.07) is 6.39. The van der Waals surface area contributed by atoms with E-state index >= 15 is 0 Å². The quantitative estimate of drug-likeness (QED) is 0.694. The maximum Gasteiger partial charge on any atom is 0.256 e. The van der Waals surface area contributed by atoms with Crippen molar-refractivity contribution in [2.45, 2.75) is 33.2 Å². The topological polar surface area (TPSA) is 51.0 Å². The molecule has 0 N–H and O–H groups in total. The molecule has 5 nitrogen and oxygen atoms in total. The van der Waals surface area contributed by atoms with Crippen molar-refractivity contribution in [3.8, 4) is 0 Å². The third kappa shape index (κ3) is 2.94. The molecule has 4 rings (SSSR count). The minimum absolute atomic E-state index is 0.0516. The van der Waals surface area contributed by atoms with Crippen LogP contribution in [0.15, 0.2) is 35.9 Å². The second-order valence-electron chi connectivity index (χ2n) is 6.92. The van der Waals surface area contributed by atoms with Crippen LogP contribution in [0.5, 0.6) is 0 Å². The van der Waals surface area contributed by atoms with E-state index < -0.39 is 0 Å². The second-order valence-corrected chi connectivity index (χ2v) is 7.87. The fraction of sp³-hybridized carbons (Fsp3) is 0.350. The van der Waals surface area contributed by atoms with Crippen molar-refractivity contribution in [3.63, 3.8) is 0 Å². The molecule has 0 fully saturated rings. The number of amides is 1. The van der Waals surface area contributed by atoms with Crippen LogP contribution in [0.2, 0.25) is 0 Å². The molecule has 0 unspecified atom stereocenters. The van der Waals surface area contributed by atoms with E-state index in [0.717, 1.165) is 29.7 Å². The number of rotatable bonds is 3. The van der Waals surface area contributed by atoms with Gasteiger partial charge in [-0.1, -0.05) is 12.1 Å². The van der Waals surface area contributed by atoms with Crippen LogP contribution < -0.4 is 0 Å². The summed E-state index contributed by atoms with van der Waals surface area (Å²) in [5.74, 6) is 0.0516. The van der Waals surface area contributed by atoms with Crippen LogP contribution in [-0.2, 0) is 0 Å². The maximum atomic E-state index is 13.0. The Kier molecular flexibility index (Phi) is 4.36.